The van der Waals surface area contributed by atoms with Crippen molar-refractivity contribution in [2.45, 2.75) is 38.8 Å². The minimum Gasteiger partial charge on any atom is -0.308 e. The average molecular weight is 123 g/mol. The lowest BCUT2D eigenvalue weighted by atomic mass is 10.1. The van der Waals surface area contributed by atoms with Gasteiger partial charge in [-0.1, -0.05) is 5.57 Å². The normalized spacial score (nSPS) is 40.7. The van der Waals surface area contributed by atoms with Gasteiger partial charge in [0.15, 0.2) is 0 Å². The summed E-state index contributed by atoms with van der Waals surface area (Å²) < 4.78 is 0. The van der Waals surface area contributed by atoms with Crippen LogP contribution in [0.2, 0.25) is 0 Å². The van der Waals surface area contributed by atoms with Gasteiger partial charge in [0.1, 0.15) is 0 Å². The van der Waals surface area contributed by atoms with Gasteiger partial charge in [0, 0.05) is 12.1 Å². The lowest BCUT2D eigenvalue weighted by Gasteiger charge is -2.19. The smallest absolute Gasteiger partial charge is 0.0259 e. The van der Waals surface area contributed by atoms with Gasteiger partial charge in [0.2, 0.25) is 0 Å². The van der Waals surface area contributed by atoms with Crippen LogP contribution in [-0.2, 0) is 0 Å². The van der Waals surface area contributed by atoms with E-state index >= 15 is 0 Å². The third-order valence-electron chi connectivity index (χ3n) is 2.34. The van der Waals surface area contributed by atoms with Crippen molar-refractivity contribution in [3.05, 3.63) is 11.1 Å². The highest BCUT2D eigenvalue weighted by Gasteiger charge is 2.32. The number of rotatable bonds is 0. The van der Waals surface area contributed by atoms with E-state index in [9.17, 15) is 0 Å². The van der Waals surface area contributed by atoms with E-state index in [-0.39, 0.29) is 0 Å². The third kappa shape index (κ3) is 0.799. The van der Waals surface area contributed by atoms with Gasteiger partial charge in [-0.3, -0.25) is 0 Å². The Hall–Kier alpha value is -0.300. The van der Waals surface area contributed by atoms with Gasteiger partial charge in [0.05, 0.1) is 0 Å². The Morgan fingerprint density at radius 3 is 2.89 bits per heavy atom. The molecule has 2 rings (SSSR count). The van der Waals surface area contributed by atoms with E-state index in [0.717, 1.165) is 6.04 Å². The predicted octanol–water partition coefficient (Wildman–Crippen LogP) is 1.46. The second-order valence-electron chi connectivity index (χ2n) is 3.30. The Kier molecular flexibility index (Phi) is 0.974. The average Bonchev–Trinajstić information content (AvgIpc) is 2.43. The molecule has 0 amide bonds. The summed E-state index contributed by atoms with van der Waals surface area (Å²) in [5.41, 5.74) is 3.42. The van der Waals surface area contributed by atoms with Crippen molar-refractivity contribution in [3.63, 3.8) is 0 Å². The molecule has 1 aliphatic heterocycles. The van der Waals surface area contributed by atoms with Gasteiger partial charge in [-0.15, -0.1) is 0 Å². The molecule has 1 aliphatic carbocycles. The predicted molar refractivity (Wildman–Crippen MR) is 38.3 cm³/mol. The fourth-order valence-electron chi connectivity index (χ4n) is 1.80. The first-order valence-electron chi connectivity index (χ1n) is 3.74. The van der Waals surface area contributed by atoms with Crippen molar-refractivity contribution in [2.75, 3.05) is 0 Å². The van der Waals surface area contributed by atoms with Crippen LogP contribution in [0.15, 0.2) is 11.1 Å². The Bertz CT molecular complexity index is 169. The van der Waals surface area contributed by atoms with Crippen LogP contribution in [0.4, 0.5) is 0 Å². The summed E-state index contributed by atoms with van der Waals surface area (Å²) >= 11 is 0. The van der Waals surface area contributed by atoms with Gasteiger partial charge in [-0.05, 0) is 32.3 Å². The van der Waals surface area contributed by atoms with Crippen LogP contribution in [0.1, 0.15) is 26.7 Å². The molecule has 0 radical (unpaired) electrons. The van der Waals surface area contributed by atoms with Crippen LogP contribution in [0, 0.1) is 0 Å². The second-order valence-corrected chi connectivity index (χ2v) is 3.30. The van der Waals surface area contributed by atoms with Crippen LogP contribution in [0.25, 0.3) is 0 Å². The van der Waals surface area contributed by atoms with E-state index in [4.69, 9.17) is 0 Å². The molecule has 0 bridgehead atoms. The van der Waals surface area contributed by atoms with E-state index in [1.165, 1.54) is 12.8 Å². The Morgan fingerprint density at radius 2 is 2.22 bits per heavy atom. The molecule has 1 heteroatoms. The fourth-order valence-corrected chi connectivity index (χ4v) is 1.80. The SMILES string of the molecule is CC1CC2=C(C2)C(C)N1. The molecule has 0 aromatic rings. The van der Waals surface area contributed by atoms with E-state index in [2.05, 4.69) is 19.2 Å². The van der Waals surface area contributed by atoms with E-state index < -0.39 is 0 Å². The maximum Gasteiger partial charge on any atom is 0.0259 e. The van der Waals surface area contributed by atoms with Crippen molar-refractivity contribution >= 4 is 0 Å². The lowest BCUT2D eigenvalue weighted by Crippen LogP contribution is -2.35. The first-order chi connectivity index (χ1) is 4.27. The van der Waals surface area contributed by atoms with Crippen molar-refractivity contribution in [1.82, 2.24) is 5.32 Å². The van der Waals surface area contributed by atoms with Crippen LogP contribution >= 0.6 is 0 Å². The minimum absolute atomic E-state index is 0.684. The van der Waals surface area contributed by atoms with E-state index in [0.29, 0.717) is 6.04 Å². The zero-order valence-electron chi connectivity index (χ0n) is 6.07. The molecule has 2 atom stereocenters. The maximum absolute atomic E-state index is 3.51. The molecule has 9 heavy (non-hydrogen) atoms. The summed E-state index contributed by atoms with van der Waals surface area (Å²) in [5.74, 6) is 0. The Morgan fingerprint density at radius 1 is 1.44 bits per heavy atom. The zero-order chi connectivity index (χ0) is 6.43. The maximum atomic E-state index is 3.51. The largest absolute Gasteiger partial charge is 0.308 e. The van der Waals surface area contributed by atoms with E-state index in [1.807, 2.05) is 0 Å². The molecule has 0 aromatic heterocycles. The minimum atomic E-state index is 0.684. The summed E-state index contributed by atoms with van der Waals surface area (Å²) in [7, 11) is 0. The van der Waals surface area contributed by atoms with Gasteiger partial charge in [0.25, 0.3) is 0 Å². The highest BCUT2D eigenvalue weighted by molar-refractivity contribution is 5.41. The summed E-state index contributed by atoms with van der Waals surface area (Å²) in [4.78, 5) is 0. The van der Waals surface area contributed by atoms with Crippen LogP contribution in [-0.4, -0.2) is 12.1 Å². The molecule has 1 heterocycles. The van der Waals surface area contributed by atoms with Gasteiger partial charge in [-0.2, -0.15) is 0 Å². The molecular weight excluding hydrogens is 110 g/mol. The van der Waals surface area contributed by atoms with E-state index in [1.54, 1.807) is 11.1 Å². The standard InChI is InChI=1S/C8H13N/c1-5-3-7-4-8(7)6(2)9-5/h5-6,9H,3-4H2,1-2H3. The molecule has 0 saturated heterocycles. The molecule has 2 unspecified atom stereocenters. The monoisotopic (exact) mass is 123 g/mol. The molecule has 1 nitrogen and oxygen atoms in total. The van der Waals surface area contributed by atoms with Gasteiger partial charge >= 0.3 is 0 Å². The Labute approximate surface area is 56.1 Å². The zero-order valence-corrected chi connectivity index (χ0v) is 6.07. The summed E-state index contributed by atoms with van der Waals surface area (Å²) in [6.45, 7) is 4.52. The molecule has 0 spiro atoms. The summed E-state index contributed by atoms with van der Waals surface area (Å²) in [5, 5.41) is 3.51. The van der Waals surface area contributed by atoms with Crippen LogP contribution in [0.3, 0.4) is 0 Å². The molecule has 50 valence electrons. The highest BCUT2D eigenvalue weighted by Crippen LogP contribution is 2.40. The fraction of sp³-hybridized carbons (Fsp3) is 0.750. The van der Waals surface area contributed by atoms with Crippen molar-refractivity contribution in [3.8, 4) is 0 Å². The number of nitrogens with one attached hydrogen (secondary N) is 1. The van der Waals surface area contributed by atoms with Crippen molar-refractivity contribution < 1.29 is 0 Å². The topological polar surface area (TPSA) is 12.0 Å². The quantitative estimate of drug-likeness (QED) is 0.481. The molecule has 2 aliphatic rings. The highest BCUT2D eigenvalue weighted by atomic mass is 15.0. The third-order valence-corrected chi connectivity index (χ3v) is 2.34. The first kappa shape index (κ1) is 5.48. The van der Waals surface area contributed by atoms with Crippen molar-refractivity contribution in [1.29, 1.82) is 0 Å². The van der Waals surface area contributed by atoms with Gasteiger partial charge < -0.3 is 5.32 Å². The molecule has 0 aromatic carbocycles. The molecular formula is C8H13N. The summed E-state index contributed by atoms with van der Waals surface area (Å²) in [6.07, 6.45) is 2.64. The Balaban J connectivity index is 2.14. The molecule has 1 N–H and O–H groups in total. The second kappa shape index (κ2) is 1.60. The number of hydrogen-bond donors (Lipinski definition) is 1. The molecule has 0 fully saturated rings. The van der Waals surface area contributed by atoms with Gasteiger partial charge in [-0.25, -0.2) is 0 Å². The van der Waals surface area contributed by atoms with Crippen LogP contribution in [0.5, 0.6) is 0 Å². The van der Waals surface area contributed by atoms with Crippen LogP contribution < -0.4 is 5.32 Å². The number of hydrogen-bond acceptors (Lipinski definition) is 1. The lowest BCUT2D eigenvalue weighted by molar-refractivity contribution is 0.498. The summed E-state index contributed by atoms with van der Waals surface area (Å²) in [6, 6.07) is 1.41. The molecule has 0 saturated carbocycles. The van der Waals surface area contributed by atoms with Crippen molar-refractivity contribution in [2.24, 2.45) is 0 Å². The first-order valence-corrected chi connectivity index (χ1v) is 3.74.